The van der Waals surface area contributed by atoms with Crippen LogP contribution in [0.5, 0.6) is 0 Å². The lowest BCUT2D eigenvalue weighted by Gasteiger charge is -2.20. The van der Waals surface area contributed by atoms with Gasteiger partial charge in [-0.2, -0.15) is 5.10 Å². The van der Waals surface area contributed by atoms with Gasteiger partial charge in [0.15, 0.2) is 0 Å². The van der Waals surface area contributed by atoms with Crippen LogP contribution in [0.3, 0.4) is 0 Å². The van der Waals surface area contributed by atoms with Crippen molar-refractivity contribution in [3.8, 4) is 11.1 Å². The molecule has 0 spiro atoms. The van der Waals surface area contributed by atoms with Crippen molar-refractivity contribution in [2.24, 2.45) is 0 Å². The van der Waals surface area contributed by atoms with E-state index in [9.17, 15) is 19.5 Å². The fourth-order valence-corrected chi connectivity index (χ4v) is 4.40. The van der Waals surface area contributed by atoms with Crippen molar-refractivity contribution in [2.45, 2.75) is 51.6 Å². The highest BCUT2D eigenvalue weighted by molar-refractivity contribution is 5.78. The Balaban J connectivity index is 1.56. The first-order valence-corrected chi connectivity index (χ1v) is 11.2. The van der Waals surface area contributed by atoms with Gasteiger partial charge in [0.05, 0.1) is 18.7 Å². The van der Waals surface area contributed by atoms with E-state index in [-0.39, 0.29) is 18.5 Å². The summed E-state index contributed by atoms with van der Waals surface area (Å²) in [4.78, 5) is 37.1. The van der Waals surface area contributed by atoms with Crippen LogP contribution < -0.4 is 10.9 Å². The molecule has 1 amide bonds. The summed E-state index contributed by atoms with van der Waals surface area (Å²) < 4.78 is 1.17. The van der Waals surface area contributed by atoms with Crippen molar-refractivity contribution in [1.29, 1.82) is 0 Å². The molecule has 1 atom stereocenters. The Morgan fingerprint density at radius 3 is 2.70 bits per heavy atom. The second-order valence-corrected chi connectivity index (χ2v) is 8.48. The summed E-state index contributed by atoms with van der Waals surface area (Å²) >= 11 is 0. The maximum atomic E-state index is 12.8. The molecule has 4 rings (SSSR count). The number of carboxylic acid groups (broad SMARTS) is 1. The lowest BCUT2D eigenvalue weighted by molar-refractivity contribution is -0.137. The van der Waals surface area contributed by atoms with E-state index in [0.717, 1.165) is 47.1 Å². The van der Waals surface area contributed by atoms with Crippen LogP contribution in [0.25, 0.3) is 11.1 Å². The normalized spacial score (nSPS) is 13.7. The molecule has 0 aliphatic heterocycles. The van der Waals surface area contributed by atoms with Crippen molar-refractivity contribution in [2.75, 3.05) is 0 Å². The number of carboxylic acids is 1. The zero-order valence-corrected chi connectivity index (χ0v) is 18.6. The molecule has 0 saturated carbocycles. The summed E-state index contributed by atoms with van der Waals surface area (Å²) in [6.45, 7) is 1.77. The Hall–Kier alpha value is -3.74. The molecule has 1 heterocycles. The monoisotopic (exact) mass is 445 g/mol. The second-order valence-electron chi connectivity index (χ2n) is 8.48. The van der Waals surface area contributed by atoms with Crippen molar-refractivity contribution >= 4 is 11.9 Å². The van der Waals surface area contributed by atoms with E-state index < -0.39 is 17.9 Å². The highest BCUT2D eigenvalue weighted by Gasteiger charge is 2.21. The molecule has 2 N–H and O–H groups in total. The summed E-state index contributed by atoms with van der Waals surface area (Å²) in [6, 6.07) is 14.7. The largest absolute Gasteiger partial charge is 0.481 e. The first-order chi connectivity index (χ1) is 15.9. The summed E-state index contributed by atoms with van der Waals surface area (Å²) in [7, 11) is 0. The number of aromatic nitrogens is 2. The van der Waals surface area contributed by atoms with Gasteiger partial charge in [0, 0.05) is 5.56 Å². The highest BCUT2D eigenvalue weighted by Crippen LogP contribution is 2.27. The number of amides is 1. The van der Waals surface area contributed by atoms with Crippen LogP contribution in [0.15, 0.2) is 59.5 Å². The summed E-state index contributed by atoms with van der Waals surface area (Å²) in [5.74, 6) is -1.47. The molecule has 7 heteroatoms. The van der Waals surface area contributed by atoms with Crippen molar-refractivity contribution in [3.63, 3.8) is 0 Å². The van der Waals surface area contributed by atoms with E-state index in [4.69, 9.17) is 0 Å². The SMILES string of the molecule is Cc1ccccc1-c1cccc([C@H](CC(=O)O)NC(=O)Cn2ncc3c(c2=O)CCCC3)c1. The van der Waals surface area contributed by atoms with E-state index >= 15 is 0 Å². The number of fused-ring (bicyclic) bond motifs is 1. The molecule has 0 bridgehead atoms. The minimum atomic E-state index is -1.02. The number of aryl methyl sites for hydroxylation is 2. The van der Waals surface area contributed by atoms with E-state index in [1.165, 1.54) is 4.68 Å². The number of carbonyl (C=O) groups is 2. The number of hydrogen-bond donors (Lipinski definition) is 2. The third-order valence-electron chi connectivity index (χ3n) is 6.11. The predicted octanol–water partition coefficient (Wildman–Crippen LogP) is 3.43. The van der Waals surface area contributed by atoms with Crippen LogP contribution in [0.4, 0.5) is 0 Å². The maximum Gasteiger partial charge on any atom is 0.305 e. The Kier molecular flexibility index (Phi) is 6.68. The molecular formula is C26H27N3O4. The fourth-order valence-electron chi connectivity index (χ4n) is 4.40. The quantitative estimate of drug-likeness (QED) is 0.580. The van der Waals surface area contributed by atoms with Crippen molar-refractivity contribution in [1.82, 2.24) is 15.1 Å². The molecule has 1 aliphatic carbocycles. The Labute approximate surface area is 192 Å². The number of rotatable bonds is 7. The molecular weight excluding hydrogens is 418 g/mol. The van der Waals surface area contributed by atoms with Gasteiger partial charge in [-0.25, -0.2) is 4.68 Å². The van der Waals surface area contributed by atoms with Crippen LogP contribution in [0.2, 0.25) is 0 Å². The minimum Gasteiger partial charge on any atom is -0.481 e. The first kappa shape index (κ1) is 22.5. The molecule has 7 nitrogen and oxygen atoms in total. The van der Waals surface area contributed by atoms with E-state index in [1.54, 1.807) is 12.3 Å². The van der Waals surface area contributed by atoms with Crippen LogP contribution in [0, 0.1) is 6.92 Å². The molecule has 0 unspecified atom stereocenters. The summed E-state index contributed by atoms with van der Waals surface area (Å²) in [5, 5.41) is 16.4. The standard InChI is InChI=1S/C26H27N3O4/c1-17-7-2-4-11-21(17)18-9-6-10-19(13-18)23(14-25(31)32)28-24(30)16-29-26(33)22-12-5-3-8-20(22)15-27-29/h2,4,6-7,9-11,13,15,23H,3,5,8,12,14,16H2,1H3,(H,28,30)(H,31,32)/t23-/m0/s1. The molecule has 33 heavy (non-hydrogen) atoms. The van der Waals surface area contributed by atoms with Gasteiger partial charge < -0.3 is 10.4 Å². The molecule has 0 radical (unpaired) electrons. The number of hydrogen-bond acceptors (Lipinski definition) is 4. The Bertz CT molecular complexity index is 1250. The van der Waals surface area contributed by atoms with Crippen molar-refractivity contribution in [3.05, 3.63) is 87.3 Å². The zero-order valence-electron chi connectivity index (χ0n) is 18.6. The van der Waals surface area contributed by atoms with Gasteiger partial charge in [0.2, 0.25) is 5.91 Å². The van der Waals surface area contributed by atoms with Crippen LogP contribution >= 0.6 is 0 Å². The van der Waals surface area contributed by atoms with Gasteiger partial charge in [0.25, 0.3) is 5.56 Å². The molecule has 1 aromatic heterocycles. The molecule has 3 aromatic rings. The van der Waals surface area contributed by atoms with Gasteiger partial charge in [-0.3, -0.25) is 14.4 Å². The van der Waals surface area contributed by atoms with E-state index in [2.05, 4.69) is 10.4 Å². The lowest BCUT2D eigenvalue weighted by Crippen LogP contribution is -2.38. The van der Waals surface area contributed by atoms with Gasteiger partial charge in [0.1, 0.15) is 6.54 Å². The van der Waals surface area contributed by atoms with Gasteiger partial charge >= 0.3 is 5.97 Å². The first-order valence-electron chi connectivity index (χ1n) is 11.2. The summed E-state index contributed by atoms with van der Waals surface area (Å²) in [5.41, 5.74) is 5.24. The predicted molar refractivity (Wildman–Crippen MR) is 125 cm³/mol. The number of nitrogens with zero attached hydrogens (tertiary/aromatic N) is 2. The maximum absolute atomic E-state index is 12.8. The van der Waals surface area contributed by atoms with Crippen LogP contribution in [-0.4, -0.2) is 26.8 Å². The molecule has 2 aromatic carbocycles. The third-order valence-corrected chi connectivity index (χ3v) is 6.11. The van der Waals surface area contributed by atoms with Gasteiger partial charge in [-0.1, -0.05) is 42.5 Å². The average molecular weight is 446 g/mol. The number of aliphatic carboxylic acids is 1. The van der Waals surface area contributed by atoms with Crippen molar-refractivity contribution < 1.29 is 14.7 Å². The second kappa shape index (κ2) is 9.81. The minimum absolute atomic E-state index is 0.237. The highest BCUT2D eigenvalue weighted by atomic mass is 16.4. The third kappa shape index (κ3) is 5.19. The number of nitrogens with one attached hydrogen (secondary N) is 1. The van der Waals surface area contributed by atoms with Gasteiger partial charge in [-0.15, -0.1) is 0 Å². The van der Waals surface area contributed by atoms with E-state index in [1.807, 2.05) is 49.4 Å². The lowest BCUT2D eigenvalue weighted by atomic mass is 9.94. The Morgan fingerprint density at radius 1 is 1.12 bits per heavy atom. The molecule has 0 saturated heterocycles. The van der Waals surface area contributed by atoms with Gasteiger partial charge in [-0.05, 0) is 66.5 Å². The molecule has 0 fully saturated rings. The van der Waals surface area contributed by atoms with Crippen LogP contribution in [-0.2, 0) is 29.0 Å². The Morgan fingerprint density at radius 2 is 1.91 bits per heavy atom. The molecule has 170 valence electrons. The topological polar surface area (TPSA) is 101 Å². The van der Waals surface area contributed by atoms with Crippen LogP contribution in [0.1, 0.15) is 47.6 Å². The summed E-state index contributed by atoms with van der Waals surface area (Å²) in [6.07, 6.45) is 4.93. The molecule has 1 aliphatic rings. The number of carbonyl (C=O) groups excluding carboxylic acids is 1. The fraction of sp³-hybridized carbons (Fsp3) is 0.308. The zero-order chi connectivity index (χ0) is 23.4. The van der Waals surface area contributed by atoms with E-state index in [0.29, 0.717) is 12.0 Å². The average Bonchev–Trinajstić information content (AvgIpc) is 2.81. The smallest absolute Gasteiger partial charge is 0.305 e. The number of benzene rings is 2.